The lowest BCUT2D eigenvalue weighted by Gasteiger charge is -2.10. The van der Waals surface area contributed by atoms with Crippen molar-refractivity contribution in [1.82, 2.24) is 9.88 Å². The highest BCUT2D eigenvalue weighted by molar-refractivity contribution is 5.77. The maximum absolute atomic E-state index is 10.7. The normalized spacial score (nSPS) is 11.2. The predicted molar refractivity (Wildman–Crippen MR) is 63.9 cm³/mol. The molecule has 0 aliphatic carbocycles. The van der Waals surface area contributed by atoms with E-state index in [1.807, 2.05) is 0 Å². The molecule has 1 aromatic carbocycles. The number of nitrogens with zero attached hydrogens (tertiary/aromatic N) is 2. The SMILES string of the molecule is CN(CC(N)=O)Cc1nc2ccc(N)cc2o1. The van der Waals surface area contributed by atoms with Gasteiger partial charge in [-0.15, -0.1) is 0 Å². The van der Waals surface area contributed by atoms with Crippen LogP contribution < -0.4 is 11.5 Å². The molecular formula is C11H14N4O2. The topological polar surface area (TPSA) is 98.4 Å². The zero-order chi connectivity index (χ0) is 12.4. The first-order valence-electron chi connectivity index (χ1n) is 5.16. The fourth-order valence-electron chi connectivity index (χ4n) is 1.61. The summed E-state index contributed by atoms with van der Waals surface area (Å²) in [5.74, 6) is 0.155. The van der Waals surface area contributed by atoms with Crippen LogP contribution in [0.2, 0.25) is 0 Å². The fourth-order valence-corrected chi connectivity index (χ4v) is 1.61. The number of oxazole rings is 1. The molecule has 2 aromatic rings. The van der Waals surface area contributed by atoms with E-state index >= 15 is 0 Å². The van der Waals surface area contributed by atoms with Gasteiger partial charge in [0.1, 0.15) is 5.52 Å². The summed E-state index contributed by atoms with van der Waals surface area (Å²) < 4.78 is 5.52. The van der Waals surface area contributed by atoms with E-state index < -0.39 is 0 Å². The molecule has 0 bridgehead atoms. The maximum Gasteiger partial charge on any atom is 0.231 e. The molecule has 2 rings (SSSR count). The van der Waals surface area contributed by atoms with Crippen LogP contribution in [-0.2, 0) is 11.3 Å². The zero-order valence-corrected chi connectivity index (χ0v) is 9.51. The minimum atomic E-state index is -0.382. The Morgan fingerprint density at radius 3 is 3.00 bits per heavy atom. The number of amides is 1. The van der Waals surface area contributed by atoms with Crippen molar-refractivity contribution in [2.45, 2.75) is 6.54 Å². The van der Waals surface area contributed by atoms with Gasteiger partial charge < -0.3 is 15.9 Å². The summed E-state index contributed by atoms with van der Waals surface area (Å²) in [4.78, 5) is 16.7. The molecular weight excluding hydrogens is 220 g/mol. The van der Waals surface area contributed by atoms with E-state index in [2.05, 4.69) is 4.98 Å². The summed E-state index contributed by atoms with van der Waals surface area (Å²) >= 11 is 0. The number of hydrogen-bond acceptors (Lipinski definition) is 5. The number of likely N-dealkylation sites (N-methyl/N-ethyl adjacent to an activating group) is 1. The number of nitrogen functional groups attached to an aromatic ring is 1. The minimum Gasteiger partial charge on any atom is -0.439 e. The van der Waals surface area contributed by atoms with Crippen molar-refractivity contribution in [3.63, 3.8) is 0 Å². The lowest BCUT2D eigenvalue weighted by molar-refractivity contribution is -0.119. The molecule has 1 heterocycles. The van der Waals surface area contributed by atoms with Crippen LogP contribution in [0, 0.1) is 0 Å². The summed E-state index contributed by atoms with van der Waals surface area (Å²) in [5, 5.41) is 0. The second-order valence-electron chi connectivity index (χ2n) is 3.97. The van der Waals surface area contributed by atoms with Gasteiger partial charge in [-0.05, 0) is 19.2 Å². The molecule has 0 fully saturated rings. The number of carbonyl (C=O) groups excluding carboxylic acids is 1. The first-order chi connectivity index (χ1) is 8.04. The number of anilines is 1. The molecule has 0 unspecified atom stereocenters. The monoisotopic (exact) mass is 234 g/mol. The lowest BCUT2D eigenvalue weighted by Crippen LogP contribution is -2.30. The predicted octanol–water partition coefficient (Wildman–Crippen LogP) is 0.327. The fraction of sp³-hybridized carbons (Fsp3) is 0.273. The average Bonchev–Trinajstić information content (AvgIpc) is 2.57. The average molecular weight is 234 g/mol. The van der Waals surface area contributed by atoms with Crippen LogP contribution in [0.25, 0.3) is 11.1 Å². The van der Waals surface area contributed by atoms with E-state index in [9.17, 15) is 4.79 Å². The molecule has 0 saturated carbocycles. The first-order valence-corrected chi connectivity index (χ1v) is 5.16. The summed E-state index contributed by atoms with van der Waals surface area (Å²) in [7, 11) is 1.77. The number of nitrogens with two attached hydrogens (primary N) is 2. The number of aromatic nitrogens is 1. The Labute approximate surface area is 98.2 Å². The highest BCUT2D eigenvalue weighted by atomic mass is 16.3. The van der Waals surface area contributed by atoms with E-state index in [0.717, 1.165) is 5.52 Å². The molecule has 0 atom stereocenters. The van der Waals surface area contributed by atoms with Gasteiger partial charge in [-0.1, -0.05) is 0 Å². The van der Waals surface area contributed by atoms with Crippen molar-refractivity contribution in [2.24, 2.45) is 5.73 Å². The number of primary amides is 1. The van der Waals surface area contributed by atoms with Crippen molar-refractivity contribution in [2.75, 3.05) is 19.3 Å². The Morgan fingerprint density at radius 1 is 1.53 bits per heavy atom. The molecule has 0 radical (unpaired) electrons. The summed E-state index contributed by atoms with van der Waals surface area (Å²) in [5.41, 5.74) is 12.8. The molecule has 1 aromatic heterocycles. The molecule has 0 aliphatic rings. The number of rotatable bonds is 4. The summed E-state index contributed by atoms with van der Waals surface area (Å²) in [6, 6.07) is 5.29. The number of hydrogen-bond donors (Lipinski definition) is 2. The Hall–Kier alpha value is -2.08. The minimum absolute atomic E-state index is 0.168. The van der Waals surface area contributed by atoms with Crippen molar-refractivity contribution in [3.05, 3.63) is 24.1 Å². The van der Waals surface area contributed by atoms with Crippen molar-refractivity contribution >= 4 is 22.7 Å². The van der Waals surface area contributed by atoms with Gasteiger partial charge >= 0.3 is 0 Å². The molecule has 0 spiro atoms. The maximum atomic E-state index is 10.7. The van der Waals surface area contributed by atoms with Crippen molar-refractivity contribution in [3.8, 4) is 0 Å². The second kappa shape index (κ2) is 4.42. The molecule has 0 aliphatic heterocycles. The van der Waals surface area contributed by atoms with E-state index in [1.165, 1.54) is 0 Å². The largest absolute Gasteiger partial charge is 0.439 e. The third-order valence-electron chi connectivity index (χ3n) is 2.29. The van der Waals surface area contributed by atoms with Gasteiger partial charge in [0.05, 0.1) is 13.1 Å². The molecule has 0 saturated heterocycles. The van der Waals surface area contributed by atoms with E-state index in [4.69, 9.17) is 15.9 Å². The molecule has 6 nitrogen and oxygen atoms in total. The van der Waals surface area contributed by atoms with Crippen molar-refractivity contribution < 1.29 is 9.21 Å². The van der Waals surface area contributed by atoms with Crippen LogP contribution in [0.3, 0.4) is 0 Å². The highest BCUT2D eigenvalue weighted by Crippen LogP contribution is 2.18. The molecule has 4 N–H and O–H groups in total. The van der Waals surface area contributed by atoms with E-state index in [0.29, 0.717) is 23.7 Å². The van der Waals surface area contributed by atoms with Crippen LogP contribution in [-0.4, -0.2) is 29.4 Å². The van der Waals surface area contributed by atoms with Gasteiger partial charge in [0.2, 0.25) is 11.8 Å². The highest BCUT2D eigenvalue weighted by Gasteiger charge is 2.10. The van der Waals surface area contributed by atoms with Gasteiger partial charge in [-0.3, -0.25) is 9.69 Å². The summed E-state index contributed by atoms with van der Waals surface area (Å²) in [6.45, 7) is 0.596. The van der Waals surface area contributed by atoms with Crippen LogP contribution in [0.5, 0.6) is 0 Å². The number of fused-ring (bicyclic) bond motifs is 1. The van der Waals surface area contributed by atoms with Gasteiger partial charge in [0.15, 0.2) is 5.58 Å². The summed E-state index contributed by atoms with van der Waals surface area (Å²) in [6.07, 6.45) is 0. The van der Waals surface area contributed by atoms with E-state index in [-0.39, 0.29) is 12.5 Å². The molecule has 90 valence electrons. The lowest BCUT2D eigenvalue weighted by atomic mass is 10.3. The van der Waals surface area contributed by atoms with Gasteiger partial charge in [-0.2, -0.15) is 0 Å². The third kappa shape index (κ3) is 2.73. The van der Waals surface area contributed by atoms with Crippen LogP contribution in [0.4, 0.5) is 5.69 Å². The molecule has 1 amide bonds. The van der Waals surface area contributed by atoms with E-state index in [1.54, 1.807) is 30.1 Å². The molecule has 17 heavy (non-hydrogen) atoms. The third-order valence-corrected chi connectivity index (χ3v) is 2.29. The number of carbonyl (C=O) groups is 1. The van der Waals surface area contributed by atoms with Gasteiger partial charge in [0.25, 0.3) is 0 Å². The van der Waals surface area contributed by atoms with Gasteiger partial charge in [-0.25, -0.2) is 4.98 Å². The van der Waals surface area contributed by atoms with Crippen molar-refractivity contribution in [1.29, 1.82) is 0 Å². The van der Waals surface area contributed by atoms with Crippen LogP contribution >= 0.6 is 0 Å². The molecule has 6 heteroatoms. The Kier molecular flexibility index (Phi) is 2.97. The smallest absolute Gasteiger partial charge is 0.231 e. The van der Waals surface area contributed by atoms with Crippen LogP contribution in [0.1, 0.15) is 5.89 Å². The zero-order valence-electron chi connectivity index (χ0n) is 9.51. The Balaban J connectivity index is 2.16. The van der Waals surface area contributed by atoms with Crippen LogP contribution in [0.15, 0.2) is 22.6 Å². The Bertz CT molecular complexity index is 549. The quantitative estimate of drug-likeness (QED) is 0.743. The van der Waals surface area contributed by atoms with Gasteiger partial charge in [0, 0.05) is 11.8 Å². The Morgan fingerprint density at radius 2 is 2.29 bits per heavy atom. The second-order valence-corrected chi connectivity index (χ2v) is 3.97. The first kappa shape index (κ1) is 11.4. The number of benzene rings is 1. The standard InChI is InChI=1S/C11H14N4O2/c1-15(5-10(13)16)6-11-14-8-3-2-7(12)4-9(8)17-11/h2-4H,5-6,12H2,1H3,(H2,13,16).